The summed E-state index contributed by atoms with van der Waals surface area (Å²) in [5.41, 5.74) is 2.69. The molecule has 1 aliphatic carbocycles. The fourth-order valence-corrected chi connectivity index (χ4v) is 4.66. The van der Waals surface area contributed by atoms with Crippen LogP contribution in [-0.2, 0) is 36.8 Å². The number of imide groups is 1. The number of rotatable bonds is 9. The maximum absolute atomic E-state index is 12.9. The topological polar surface area (TPSA) is 102 Å². The van der Waals surface area contributed by atoms with Crippen molar-refractivity contribution in [2.75, 3.05) is 13.2 Å². The number of nitrogens with one attached hydrogen (secondary N) is 1. The minimum atomic E-state index is -0.599. The number of piperidine rings is 1. The van der Waals surface area contributed by atoms with Gasteiger partial charge in [0.1, 0.15) is 6.04 Å². The number of hydrogen-bond acceptors (Lipinski definition) is 6. The third-order valence-corrected chi connectivity index (χ3v) is 6.61. The molecule has 33 heavy (non-hydrogen) atoms. The van der Waals surface area contributed by atoms with Crippen LogP contribution in [0.1, 0.15) is 67.4 Å². The molecule has 4 rings (SSSR count). The molecule has 1 atom stereocenters. The number of fused-ring (bicyclic) bond motifs is 1. The number of amides is 3. The van der Waals surface area contributed by atoms with Crippen LogP contribution in [0.15, 0.2) is 18.2 Å². The number of carbonyl (C=O) groups is 4. The molecule has 178 valence electrons. The molecule has 2 fully saturated rings. The van der Waals surface area contributed by atoms with E-state index in [-0.39, 0.29) is 36.2 Å². The van der Waals surface area contributed by atoms with Crippen molar-refractivity contribution < 1.29 is 28.7 Å². The van der Waals surface area contributed by atoms with Crippen molar-refractivity contribution in [3.63, 3.8) is 0 Å². The Morgan fingerprint density at radius 3 is 2.73 bits per heavy atom. The van der Waals surface area contributed by atoms with Gasteiger partial charge in [-0.3, -0.25) is 24.5 Å². The SMILES string of the molecule is CC(C)COC(=O)C1CC(OCCCc2cccc3c2CN(C2CCC(=O)NC2=O)C3=O)C1. The number of hydrogen-bond donors (Lipinski definition) is 1. The van der Waals surface area contributed by atoms with E-state index < -0.39 is 11.9 Å². The molecule has 2 aliphatic heterocycles. The fourth-order valence-electron chi connectivity index (χ4n) is 4.66. The van der Waals surface area contributed by atoms with Crippen LogP contribution in [0.3, 0.4) is 0 Å². The Hall–Kier alpha value is -2.74. The summed E-state index contributed by atoms with van der Waals surface area (Å²) in [5, 5.41) is 2.34. The smallest absolute Gasteiger partial charge is 0.309 e. The van der Waals surface area contributed by atoms with E-state index in [1.165, 1.54) is 0 Å². The van der Waals surface area contributed by atoms with Gasteiger partial charge in [-0.25, -0.2) is 0 Å². The Morgan fingerprint density at radius 2 is 2.00 bits per heavy atom. The molecule has 0 radical (unpaired) electrons. The highest BCUT2D eigenvalue weighted by Crippen LogP contribution is 2.32. The Morgan fingerprint density at radius 1 is 1.21 bits per heavy atom. The molecule has 1 saturated heterocycles. The summed E-state index contributed by atoms with van der Waals surface area (Å²) >= 11 is 0. The van der Waals surface area contributed by atoms with Crippen molar-refractivity contribution in [1.82, 2.24) is 10.2 Å². The number of carbonyl (C=O) groups excluding carboxylic acids is 4. The molecule has 1 unspecified atom stereocenters. The van der Waals surface area contributed by atoms with Crippen molar-refractivity contribution in [1.29, 1.82) is 0 Å². The third kappa shape index (κ3) is 5.27. The fraction of sp³-hybridized carbons (Fsp3) is 0.600. The van der Waals surface area contributed by atoms with Gasteiger partial charge in [-0.15, -0.1) is 0 Å². The van der Waals surface area contributed by atoms with Crippen LogP contribution >= 0.6 is 0 Å². The Balaban J connectivity index is 1.23. The highest BCUT2D eigenvalue weighted by atomic mass is 16.5. The van der Waals surface area contributed by atoms with Crippen molar-refractivity contribution in [2.45, 2.75) is 71.1 Å². The van der Waals surface area contributed by atoms with E-state index in [0.29, 0.717) is 50.5 Å². The lowest BCUT2D eigenvalue weighted by Crippen LogP contribution is -2.52. The summed E-state index contributed by atoms with van der Waals surface area (Å²) in [4.78, 5) is 50.1. The van der Waals surface area contributed by atoms with Gasteiger partial charge in [0.25, 0.3) is 5.91 Å². The van der Waals surface area contributed by atoms with Gasteiger partial charge in [-0.1, -0.05) is 26.0 Å². The number of ether oxygens (including phenoxy) is 2. The quantitative estimate of drug-likeness (QED) is 0.348. The van der Waals surface area contributed by atoms with Gasteiger partial charge >= 0.3 is 5.97 Å². The predicted molar refractivity (Wildman–Crippen MR) is 119 cm³/mol. The maximum atomic E-state index is 12.9. The van der Waals surface area contributed by atoms with Crippen LogP contribution in [0.5, 0.6) is 0 Å². The molecule has 3 aliphatic rings. The van der Waals surface area contributed by atoms with Crippen molar-refractivity contribution in [2.24, 2.45) is 11.8 Å². The molecule has 0 spiro atoms. The Labute approximate surface area is 194 Å². The van der Waals surface area contributed by atoms with Crippen LogP contribution in [0.2, 0.25) is 0 Å². The normalized spacial score (nSPS) is 24.5. The summed E-state index contributed by atoms with van der Waals surface area (Å²) in [6, 6.07) is 5.10. The van der Waals surface area contributed by atoms with Gasteiger partial charge in [0.15, 0.2) is 0 Å². The summed E-state index contributed by atoms with van der Waals surface area (Å²) in [6.07, 6.45) is 3.72. The zero-order valence-corrected chi connectivity index (χ0v) is 19.3. The van der Waals surface area contributed by atoms with Crippen LogP contribution < -0.4 is 5.32 Å². The predicted octanol–water partition coefficient (Wildman–Crippen LogP) is 2.37. The molecule has 0 aromatic heterocycles. The molecule has 1 saturated carbocycles. The van der Waals surface area contributed by atoms with Gasteiger partial charge in [0.05, 0.1) is 18.6 Å². The van der Waals surface area contributed by atoms with Gasteiger partial charge in [-0.05, 0) is 55.2 Å². The zero-order chi connectivity index (χ0) is 23.5. The summed E-state index contributed by atoms with van der Waals surface area (Å²) in [7, 11) is 0. The minimum absolute atomic E-state index is 0.0459. The van der Waals surface area contributed by atoms with E-state index >= 15 is 0 Å². The first-order chi connectivity index (χ1) is 15.8. The van der Waals surface area contributed by atoms with Gasteiger partial charge in [-0.2, -0.15) is 0 Å². The lowest BCUT2D eigenvalue weighted by atomic mass is 9.82. The summed E-state index contributed by atoms with van der Waals surface area (Å²) < 4.78 is 11.2. The van der Waals surface area contributed by atoms with E-state index in [4.69, 9.17) is 9.47 Å². The second kappa shape index (κ2) is 10.0. The van der Waals surface area contributed by atoms with E-state index in [0.717, 1.165) is 24.0 Å². The number of nitrogens with zero attached hydrogens (tertiary/aromatic N) is 1. The number of benzene rings is 1. The van der Waals surface area contributed by atoms with Crippen LogP contribution in [0.25, 0.3) is 0 Å². The first-order valence-corrected chi connectivity index (χ1v) is 11.9. The van der Waals surface area contributed by atoms with E-state index in [9.17, 15) is 19.2 Å². The molecule has 8 heteroatoms. The molecule has 0 bridgehead atoms. The van der Waals surface area contributed by atoms with Crippen molar-refractivity contribution in [3.8, 4) is 0 Å². The van der Waals surface area contributed by atoms with Crippen molar-refractivity contribution in [3.05, 3.63) is 34.9 Å². The van der Waals surface area contributed by atoms with Gasteiger partial charge in [0.2, 0.25) is 11.8 Å². The molecular weight excluding hydrogens is 424 g/mol. The largest absolute Gasteiger partial charge is 0.465 e. The average molecular weight is 457 g/mol. The molecule has 1 aromatic rings. The highest BCUT2D eigenvalue weighted by molar-refractivity contribution is 6.05. The average Bonchev–Trinajstić information content (AvgIpc) is 3.07. The second-order valence-electron chi connectivity index (χ2n) is 9.63. The Bertz CT molecular complexity index is 937. The van der Waals surface area contributed by atoms with Gasteiger partial charge in [0, 0.05) is 25.1 Å². The second-order valence-corrected chi connectivity index (χ2v) is 9.63. The highest BCUT2D eigenvalue weighted by Gasteiger charge is 2.40. The summed E-state index contributed by atoms with van der Waals surface area (Å²) in [5.74, 6) is -0.654. The van der Waals surface area contributed by atoms with E-state index in [1.54, 1.807) is 11.0 Å². The van der Waals surface area contributed by atoms with Gasteiger partial charge < -0.3 is 14.4 Å². The first kappa shape index (κ1) is 23.4. The molecule has 2 heterocycles. The Kier molecular flexibility index (Phi) is 7.12. The summed E-state index contributed by atoms with van der Waals surface area (Å²) in [6.45, 7) is 5.48. The van der Waals surface area contributed by atoms with E-state index in [2.05, 4.69) is 5.32 Å². The molecular formula is C25H32N2O6. The molecule has 1 aromatic carbocycles. The molecule has 3 amide bonds. The molecule has 1 N–H and O–H groups in total. The standard InChI is InChI=1S/C25H32N2O6/c1-15(2)14-33-25(31)17-11-18(12-17)32-10-4-6-16-5-3-7-19-20(16)13-27(24(19)30)21-8-9-22(28)26-23(21)29/h3,5,7,15,17-18,21H,4,6,8-14H2,1-2H3,(H,26,28,29). The number of esters is 1. The van der Waals surface area contributed by atoms with Crippen LogP contribution in [0, 0.1) is 11.8 Å². The lowest BCUT2D eigenvalue weighted by molar-refractivity contribution is -0.159. The van der Waals surface area contributed by atoms with Crippen LogP contribution in [0.4, 0.5) is 0 Å². The molecule has 8 nitrogen and oxygen atoms in total. The lowest BCUT2D eigenvalue weighted by Gasteiger charge is -2.33. The third-order valence-electron chi connectivity index (χ3n) is 6.61. The minimum Gasteiger partial charge on any atom is -0.465 e. The van der Waals surface area contributed by atoms with Crippen molar-refractivity contribution >= 4 is 23.7 Å². The number of aryl methyl sites for hydroxylation is 1. The monoisotopic (exact) mass is 456 g/mol. The van der Waals surface area contributed by atoms with E-state index in [1.807, 2.05) is 26.0 Å². The zero-order valence-electron chi connectivity index (χ0n) is 19.3. The first-order valence-electron chi connectivity index (χ1n) is 11.9. The maximum Gasteiger partial charge on any atom is 0.309 e. The van der Waals surface area contributed by atoms with Crippen LogP contribution in [-0.4, -0.2) is 54.0 Å².